The molecule has 1 aromatic rings. The molecule has 3 aliphatic carbocycles. The van der Waals surface area contributed by atoms with Gasteiger partial charge in [-0.1, -0.05) is 32.9 Å². The Morgan fingerprint density at radius 2 is 1.74 bits per heavy atom. The molecule has 1 aliphatic heterocycles. The van der Waals surface area contributed by atoms with Crippen molar-refractivity contribution >= 4 is 17.6 Å². The van der Waals surface area contributed by atoms with Crippen molar-refractivity contribution in [3.63, 3.8) is 0 Å². The summed E-state index contributed by atoms with van der Waals surface area (Å²) < 4.78 is 87.1. The molecular weight excluding hydrogens is 512 g/mol. The third-order valence-corrected chi connectivity index (χ3v) is 10.1. The molecule has 4 aliphatic rings. The summed E-state index contributed by atoms with van der Waals surface area (Å²) >= 11 is 0. The summed E-state index contributed by atoms with van der Waals surface area (Å²) in [6, 6.07) is 2.13. The van der Waals surface area contributed by atoms with Crippen LogP contribution in [0, 0.1) is 40.4 Å². The van der Waals surface area contributed by atoms with Crippen molar-refractivity contribution in [2.45, 2.75) is 71.3 Å². The topological polar surface area (TPSA) is 55.4 Å². The smallest absolute Gasteiger partial charge is 0.419 e. The molecule has 0 saturated heterocycles. The van der Waals surface area contributed by atoms with E-state index >= 15 is 0 Å². The number of nitrogens with one attached hydrogen (secondary N) is 1. The second kappa shape index (κ2) is 8.74. The second-order valence-electron chi connectivity index (χ2n) is 12.0. The van der Waals surface area contributed by atoms with Gasteiger partial charge in [0, 0.05) is 17.4 Å². The van der Waals surface area contributed by atoms with Crippen LogP contribution in [0.3, 0.4) is 0 Å². The predicted molar refractivity (Wildman–Crippen MR) is 127 cm³/mol. The van der Waals surface area contributed by atoms with E-state index in [0.717, 1.165) is 18.6 Å². The molecule has 3 unspecified atom stereocenters. The Hall–Kier alpha value is -2.52. The van der Waals surface area contributed by atoms with Crippen LogP contribution in [0.25, 0.3) is 0 Å². The monoisotopic (exact) mass is 543 g/mol. The Morgan fingerprint density at radius 3 is 2.39 bits per heavy atom. The predicted octanol–water partition coefficient (Wildman–Crippen LogP) is 7.25. The number of halogens is 6. The number of alkyl halides is 6. The van der Waals surface area contributed by atoms with Crippen LogP contribution in [0.4, 0.5) is 32.0 Å². The van der Waals surface area contributed by atoms with Crippen LogP contribution in [0.2, 0.25) is 0 Å². The molecule has 0 spiro atoms. The number of hydrogen-bond acceptors (Lipinski definition) is 3. The van der Waals surface area contributed by atoms with Crippen LogP contribution >= 0.6 is 0 Å². The zero-order valence-corrected chi connectivity index (χ0v) is 21.4. The van der Waals surface area contributed by atoms with Crippen molar-refractivity contribution in [1.29, 1.82) is 0 Å². The van der Waals surface area contributed by atoms with Crippen molar-refractivity contribution in [2.24, 2.45) is 40.4 Å². The fourth-order valence-electron chi connectivity index (χ4n) is 8.38. The Balaban J connectivity index is 1.43. The van der Waals surface area contributed by atoms with Gasteiger partial charge in [0.15, 0.2) is 0 Å². The highest BCUT2D eigenvalue weighted by Gasteiger charge is 2.63. The summed E-state index contributed by atoms with van der Waals surface area (Å²) in [4.78, 5) is 25.4. The van der Waals surface area contributed by atoms with Crippen LogP contribution in [0.5, 0.6) is 0 Å². The third-order valence-electron chi connectivity index (χ3n) is 10.1. The molecule has 1 N–H and O–H groups in total. The summed E-state index contributed by atoms with van der Waals surface area (Å²) in [6.45, 7) is 6.23. The minimum atomic E-state index is -5.30. The molecule has 38 heavy (non-hydrogen) atoms. The number of esters is 1. The molecule has 1 heterocycles. The molecular formula is C28H31F6NO3. The van der Waals surface area contributed by atoms with Gasteiger partial charge >= 0.3 is 18.3 Å². The van der Waals surface area contributed by atoms with E-state index in [0.29, 0.717) is 31.7 Å². The molecule has 10 heteroatoms. The van der Waals surface area contributed by atoms with E-state index in [9.17, 15) is 35.9 Å². The van der Waals surface area contributed by atoms with Crippen LogP contribution in [-0.4, -0.2) is 18.0 Å². The van der Waals surface area contributed by atoms with E-state index in [4.69, 9.17) is 4.74 Å². The van der Waals surface area contributed by atoms with Crippen LogP contribution in [-0.2, 0) is 26.7 Å². The number of rotatable bonds is 2. The number of carbonyl (C=O) groups is 2. The Kier molecular flexibility index (Phi) is 6.23. The van der Waals surface area contributed by atoms with Gasteiger partial charge in [0.25, 0.3) is 0 Å². The quantitative estimate of drug-likeness (QED) is 0.316. The van der Waals surface area contributed by atoms with Gasteiger partial charge in [-0.15, -0.1) is 0 Å². The normalized spacial score (nSPS) is 38.6. The highest BCUT2D eigenvalue weighted by molar-refractivity contribution is 5.94. The van der Waals surface area contributed by atoms with E-state index in [2.05, 4.69) is 19.2 Å². The fraction of sp³-hybridized carbons (Fsp3) is 0.643. The van der Waals surface area contributed by atoms with Crippen LogP contribution in [0.15, 0.2) is 30.4 Å². The molecule has 8 atom stereocenters. The molecule has 208 valence electrons. The molecule has 1 aromatic carbocycles. The van der Waals surface area contributed by atoms with Gasteiger partial charge in [0.2, 0.25) is 5.91 Å². The molecule has 1 amide bonds. The minimum Gasteiger partial charge on any atom is -0.458 e. The van der Waals surface area contributed by atoms with Gasteiger partial charge in [0.05, 0.1) is 16.8 Å². The van der Waals surface area contributed by atoms with Gasteiger partial charge in [0.1, 0.15) is 6.10 Å². The Bertz CT molecular complexity index is 1180. The van der Waals surface area contributed by atoms with Gasteiger partial charge in [-0.2, -0.15) is 26.3 Å². The lowest BCUT2D eigenvalue weighted by Crippen LogP contribution is -2.58. The maximum Gasteiger partial charge on any atom is 0.419 e. The number of benzene rings is 1. The second-order valence-corrected chi connectivity index (χ2v) is 12.0. The summed E-state index contributed by atoms with van der Waals surface area (Å²) in [7, 11) is 0. The number of anilines is 1. The van der Waals surface area contributed by atoms with E-state index in [-0.39, 0.29) is 41.2 Å². The van der Waals surface area contributed by atoms with Crippen molar-refractivity contribution < 1.29 is 40.7 Å². The number of amides is 1. The number of fused-ring (bicyclic) bond motifs is 5. The van der Waals surface area contributed by atoms with E-state index in [1.165, 1.54) is 6.08 Å². The first-order chi connectivity index (χ1) is 17.6. The largest absolute Gasteiger partial charge is 0.458 e. The first-order valence-corrected chi connectivity index (χ1v) is 13.1. The highest BCUT2D eigenvalue weighted by Crippen LogP contribution is 2.66. The number of ether oxygens (including phenoxy) is 1. The number of carbonyl (C=O) groups excluding carboxylic acids is 2. The van der Waals surface area contributed by atoms with Crippen molar-refractivity contribution in [3.05, 3.63) is 41.5 Å². The zero-order valence-electron chi connectivity index (χ0n) is 21.4. The first-order valence-electron chi connectivity index (χ1n) is 13.1. The molecule has 0 radical (unpaired) electrons. The maximum absolute atomic E-state index is 13.7. The van der Waals surface area contributed by atoms with Crippen LogP contribution < -0.4 is 5.32 Å². The fourth-order valence-corrected chi connectivity index (χ4v) is 8.38. The summed E-state index contributed by atoms with van der Waals surface area (Å²) in [5.41, 5.74) is -5.39. The van der Waals surface area contributed by atoms with Gasteiger partial charge in [-0.3, -0.25) is 4.79 Å². The van der Waals surface area contributed by atoms with Gasteiger partial charge in [-0.05, 0) is 73.3 Å². The average Bonchev–Trinajstić information content (AvgIpc) is 3.16. The van der Waals surface area contributed by atoms with Crippen molar-refractivity contribution in [2.75, 3.05) is 5.32 Å². The standard InChI is InChI=1S/C28H31F6NO3/c1-14-13-20-26(3,12-10-21(36)38-20)16-9-11-25(2)15(22(14)16)7-8-18(25)24(37)35-19-6-4-5-17(27(29,30)31)23(19)28(32,33)34/h4-6,10,12,14-16,18,20,22H,7-9,11,13H2,1-3H3,(H,35,37)/t14?,15-,16+,18?,20?,22-,25-,26+/m0/s1. The van der Waals surface area contributed by atoms with E-state index < -0.39 is 46.4 Å². The highest BCUT2D eigenvalue weighted by atomic mass is 19.4. The SMILES string of the molecule is CC1CC2OC(=O)C=C[C@]2(C)[C@@H]2CC[C@]3(C)C(C(=O)Nc4cccc(C(F)(F)F)c4C(F)(F)F)CC[C@H]3[C@H]12. The summed E-state index contributed by atoms with van der Waals surface area (Å²) in [5.74, 6) is -0.846. The minimum absolute atomic E-state index is 0.124. The molecule has 3 saturated carbocycles. The first kappa shape index (κ1) is 27.1. The Labute approximate surface area is 217 Å². The Morgan fingerprint density at radius 1 is 1.03 bits per heavy atom. The lowest BCUT2D eigenvalue weighted by atomic mass is 9.46. The molecule has 3 fully saturated rings. The van der Waals surface area contributed by atoms with E-state index in [1.807, 2.05) is 13.0 Å². The summed E-state index contributed by atoms with van der Waals surface area (Å²) in [5, 5.41) is 2.24. The van der Waals surface area contributed by atoms with Crippen molar-refractivity contribution in [1.82, 2.24) is 0 Å². The van der Waals surface area contributed by atoms with Crippen LogP contribution in [0.1, 0.15) is 64.0 Å². The lowest BCUT2D eigenvalue weighted by molar-refractivity contribution is -0.175. The van der Waals surface area contributed by atoms with Crippen molar-refractivity contribution in [3.8, 4) is 0 Å². The van der Waals surface area contributed by atoms with Gasteiger partial charge < -0.3 is 10.1 Å². The molecule has 4 nitrogen and oxygen atoms in total. The van der Waals surface area contributed by atoms with E-state index in [1.54, 1.807) is 0 Å². The summed E-state index contributed by atoms with van der Waals surface area (Å²) in [6.07, 6.45) is -4.03. The zero-order chi connectivity index (χ0) is 27.8. The maximum atomic E-state index is 13.7. The molecule has 0 aromatic heterocycles. The molecule has 0 bridgehead atoms. The van der Waals surface area contributed by atoms with Gasteiger partial charge in [-0.25, -0.2) is 4.79 Å². The third kappa shape index (κ3) is 4.13. The lowest BCUT2D eigenvalue weighted by Gasteiger charge is -2.60. The average molecular weight is 544 g/mol. The number of hydrogen-bond donors (Lipinski definition) is 1. The molecule has 5 rings (SSSR count).